The molecule has 3 aromatic rings. The third kappa shape index (κ3) is 4.88. The highest BCUT2D eigenvalue weighted by Gasteiger charge is 2.11. The number of benzene rings is 3. The number of hydrogen-bond acceptors (Lipinski definition) is 3. The largest absolute Gasteiger partial charge is 0.324 e. The first-order valence-electron chi connectivity index (χ1n) is 8.50. The Labute approximate surface area is 172 Å². The van der Waals surface area contributed by atoms with Crippen LogP contribution in [0.25, 0.3) is 10.8 Å². The molecule has 5 nitrogen and oxygen atoms in total. The van der Waals surface area contributed by atoms with Gasteiger partial charge in [-0.25, -0.2) is 5.43 Å². The Hall–Kier alpha value is -2.89. The van der Waals surface area contributed by atoms with Crippen molar-refractivity contribution in [2.75, 3.05) is 5.32 Å². The number of amides is 2. The second kappa shape index (κ2) is 8.87. The topological polar surface area (TPSA) is 70.6 Å². The lowest BCUT2D eigenvalue weighted by molar-refractivity contribution is -0.115. The molecule has 0 radical (unpaired) electrons. The molecule has 0 aliphatic carbocycles. The molecule has 0 unspecified atom stereocenters. The van der Waals surface area contributed by atoms with Crippen molar-refractivity contribution in [3.05, 3.63) is 76.3 Å². The predicted octanol–water partition coefficient (Wildman–Crippen LogP) is 5.28. The molecule has 0 aliphatic rings. The highest BCUT2D eigenvalue weighted by Crippen LogP contribution is 2.25. The molecule has 2 amide bonds. The van der Waals surface area contributed by atoms with Crippen LogP contribution >= 0.6 is 23.2 Å². The number of nitrogens with one attached hydrogen (secondary N) is 2. The summed E-state index contributed by atoms with van der Waals surface area (Å²) in [5, 5.41) is 9.35. The number of carbonyl (C=O) groups excluding carboxylic acids is 2. The molecule has 0 heterocycles. The van der Waals surface area contributed by atoms with Crippen LogP contribution in [-0.4, -0.2) is 17.5 Å². The predicted molar refractivity (Wildman–Crippen MR) is 114 cm³/mol. The summed E-state index contributed by atoms with van der Waals surface area (Å²) in [4.78, 5) is 24.6. The summed E-state index contributed by atoms with van der Waals surface area (Å²) in [6.07, 6.45) is 0.00870. The van der Waals surface area contributed by atoms with E-state index in [9.17, 15) is 9.59 Å². The van der Waals surface area contributed by atoms with Gasteiger partial charge in [-0.2, -0.15) is 5.10 Å². The molecule has 0 saturated heterocycles. The van der Waals surface area contributed by atoms with Gasteiger partial charge in [-0.05, 0) is 42.0 Å². The molecule has 0 bridgehead atoms. The minimum Gasteiger partial charge on any atom is -0.324 e. The van der Waals surface area contributed by atoms with E-state index in [0.717, 1.165) is 10.8 Å². The van der Waals surface area contributed by atoms with E-state index in [1.165, 1.54) is 0 Å². The van der Waals surface area contributed by atoms with Crippen LogP contribution in [0, 0.1) is 0 Å². The van der Waals surface area contributed by atoms with E-state index in [1.54, 1.807) is 31.2 Å². The second-order valence-corrected chi connectivity index (χ2v) is 7.01. The molecule has 28 heavy (non-hydrogen) atoms. The Morgan fingerprint density at radius 2 is 1.75 bits per heavy atom. The second-order valence-electron chi connectivity index (χ2n) is 6.16. The molecule has 0 aliphatic heterocycles. The van der Waals surface area contributed by atoms with Crippen LogP contribution < -0.4 is 10.7 Å². The lowest BCUT2D eigenvalue weighted by atomic mass is 10.0. The van der Waals surface area contributed by atoms with Gasteiger partial charge in [-0.15, -0.1) is 0 Å². The van der Waals surface area contributed by atoms with Gasteiger partial charge in [0, 0.05) is 16.3 Å². The number of carbonyl (C=O) groups is 2. The van der Waals surface area contributed by atoms with Crippen LogP contribution in [0.5, 0.6) is 0 Å². The van der Waals surface area contributed by atoms with E-state index >= 15 is 0 Å². The molecule has 7 heteroatoms. The number of fused-ring (bicyclic) bond motifs is 1. The molecule has 0 aromatic heterocycles. The van der Waals surface area contributed by atoms with E-state index in [0.29, 0.717) is 27.0 Å². The Morgan fingerprint density at radius 1 is 1.00 bits per heavy atom. The zero-order valence-electron chi connectivity index (χ0n) is 15.0. The molecule has 3 rings (SSSR count). The van der Waals surface area contributed by atoms with E-state index in [-0.39, 0.29) is 18.2 Å². The molecule has 2 N–H and O–H groups in total. The first kappa shape index (κ1) is 19.9. The Balaban J connectivity index is 1.63. The van der Waals surface area contributed by atoms with Crippen molar-refractivity contribution in [1.82, 2.24) is 5.43 Å². The summed E-state index contributed by atoms with van der Waals surface area (Å²) in [7, 11) is 0. The van der Waals surface area contributed by atoms with Gasteiger partial charge in [0.1, 0.15) is 0 Å². The van der Waals surface area contributed by atoms with Crippen LogP contribution in [0.3, 0.4) is 0 Å². The fourth-order valence-electron chi connectivity index (χ4n) is 2.69. The SMILES string of the molecule is C/C(CC(=O)Nc1ccc(Cl)cc1Cl)=N\NC(=O)c1cccc2ccccc12. The Bertz CT molecular complexity index is 1070. The number of rotatable bonds is 5. The van der Waals surface area contributed by atoms with Gasteiger partial charge in [0.15, 0.2) is 0 Å². The minimum atomic E-state index is -0.336. The van der Waals surface area contributed by atoms with E-state index in [2.05, 4.69) is 15.8 Å². The quantitative estimate of drug-likeness (QED) is 0.441. The lowest BCUT2D eigenvalue weighted by Gasteiger charge is -2.08. The summed E-state index contributed by atoms with van der Waals surface area (Å²) >= 11 is 11.9. The summed E-state index contributed by atoms with van der Waals surface area (Å²) in [5.41, 5.74) is 3.94. The van der Waals surface area contributed by atoms with Gasteiger partial charge in [-0.3, -0.25) is 9.59 Å². The summed E-state index contributed by atoms with van der Waals surface area (Å²) in [5.74, 6) is -0.637. The van der Waals surface area contributed by atoms with Gasteiger partial charge >= 0.3 is 0 Å². The molecule has 142 valence electrons. The molecule has 0 saturated carbocycles. The first-order chi connectivity index (χ1) is 13.4. The van der Waals surface area contributed by atoms with Gasteiger partial charge in [-0.1, -0.05) is 59.6 Å². The highest BCUT2D eigenvalue weighted by molar-refractivity contribution is 6.36. The number of hydrazone groups is 1. The van der Waals surface area contributed by atoms with Crippen molar-refractivity contribution >= 4 is 57.2 Å². The fourth-order valence-corrected chi connectivity index (χ4v) is 3.14. The van der Waals surface area contributed by atoms with Crippen LogP contribution in [0.15, 0.2) is 65.8 Å². The fraction of sp³-hybridized carbons (Fsp3) is 0.0952. The summed E-state index contributed by atoms with van der Waals surface area (Å²) < 4.78 is 0. The van der Waals surface area contributed by atoms with Crippen molar-refractivity contribution in [3.63, 3.8) is 0 Å². The summed E-state index contributed by atoms with van der Waals surface area (Å²) in [6.45, 7) is 1.66. The van der Waals surface area contributed by atoms with E-state index < -0.39 is 0 Å². The molecule has 0 spiro atoms. The molecule has 0 atom stereocenters. The van der Waals surface area contributed by atoms with Crippen LogP contribution in [0.1, 0.15) is 23.7 Å². The van der Waals surface area contributed by atoms with Crippen LogP contribution in [0.4, 0.5) is 5.69 Å². The zero-order valence-corrected chi connectivity index (χ0v) is 16.5. The smallest absolute Gasteiger partial charge is 0.271 e. The number of nitrogens with zero attached hydrogens (tertiary/aromatic N) is 1. The maximum absolute atomic E-state index is 12.5. The third-order valence-corrected chi connectivity index (χ3v) is 4.55. The van der Waals surface area contributed by atoms with E-state index in [1.807, 2.05) is 36.4 Å². The van der Waals surface area contributed by atoms with Crippen molar-refractivity contribution in [2.45, 2.75) is 13.3 Å². The van der Waals surface area contributed by atoms with Crippen molar-refractivity contribution in [3.8, 4) is 0 Å². The zero-order chi connectivity index (χ0) is 20.1. The van der Waals surface area contributed by atoms with Gasteiger partial charge in [0.05, 0.1) is 17.1 Å². The average molecular weight is 414 g/mol. The molecular formula is C21H17Cl2N3O2. The maximum atomic E-state index is 12.5. The summed E-state index contributed by atoms with van der Waals surface area (Å²) in [6, 6.07) is 17.9. The normalized spacial score (nSPS) is 11.3. The maximum Gasteiger partial charge on any atom is 0.271 e. The molecule has 0 fully saturated rings. The van der Waals surface area contributed by atoms with Gasteiger partial charge < -0.3 is 5.32 Å². The van der Waals surface area contributed by atoms with Crippen molar-refractivity contribution < 1.29 is 9.59 Å². The van der Waals surface area contributed by atoms with Gasteiger partial charge in [0.25, 0.3) is 5.91 Å². The van der Waals surface area contributed by atoms with Crippen LogP contribution in [0.2, 0.25) is 10.0 Å². The van der Waals surface area contributed by atoms with Crippen molar-refractivity contribution in [2.24, 2.45) is 5.10 Å². The van der Waals surface area contributed by atoms with Crippen molar-refractivity contribution in [1.29, 1.82) is 0 Å². The number of halogens is 2. The average Bonchev–Trinajstić information content (AvgIpc) is 2.68. The lowest BCUT2D eigenvalue weighted by Crippen LogP contribution is -2.21. The number of hydrogen-bond donors (Lipinski definition) is 2. The van der Waals surface area contributed by atoms with Crippen LogP contribution in [-0.2, 0) is 4.79 Å². The number of anilines is 1. The molecular weight excluding hydrogens is 397 g/mol. The van der Waals surface area contributed by atoms with E-state index in [4.69, 9.17) is 23.2 Å². The minimum absolute atomic E-state index is 0.00870. The van der Waals surface area contributed by atoms with Gasteiger partial charge in [0.2, 0.25) is 5.91 Å². The Morgan fingerprint density at radius 3 is 2.54 bits per heavy atom. The highest BCUT2D eigenvalue weighted by atomic mass is 35.5. The monoisotopic (exact) mass is 413 g/mol. The third-order valence-electron chi connectivity index (χ3n) is 4.00. The first-order valence-corrected chi connectivity index (χ1v) is 9.26. The molecule has 3 aromatic carbocycles. The standard InChI is InChI=1S/C21H17Cl2N3O2/c1-13(11-20(27)24-19-10-9-15(22)12-18(19)23)25-26-21(28)17-8-4-6-14-5-2-3-7-16(14)17/h2-10,12H,11H2,1H3,(H,24,27)(H,26,28)/b25-13+. The Kier molecular flexibility index (Phi) is 6.29.